The Labute approximate surface area is 149 Å². The smallest absolute Gasteiger partial charge is 0.266 e. The van der Waals surface area contributed by atoms with Gasteiger partial charge in [0.25, 0.3) is 5.91 Å². The third-order valence-corrected chi connectivity index (χ3v) is 3.93. The summed E-state index contributed by atoms with van der Waals surface area (Å²) >= 11 is 5.89. The summed E-state index contributed by atoms with van der Waals surface area (Å²) in [5.41, 5.74) is 0.780. The molecule has 4 nitrogen and oxygen atoms in total. The summed E-state index contributed by atoms with van der Waals surface area (Å²) in [5.74, 6) is -0.617. The quantitative estimate of drug-likeness (QED) is 0.530. The number of amides is 1. The molecular formula is C20H13ClN2O2. The van der Waals surface area contributed by atoms with Gasteiger partial charge in [-0.3, -0.25) is 4.79 Å². The Morgan fingerprint density at radius 2 is 1.88 bits per heavy atom. The second-order valence-corrected chi connectivity index (χ2v) is 5.79. The van der Waals surface area contributed by atoms with E-state index < -0.39 is 5.91 Å². The number of phenols is 1. The molecule has 2 N–H and O–H groups in total. The maximum absolute atomic E-state index is 12.5. The molecular weight excluding hydrogens is 336 g/mol. The van der Waals surface area contributed by atoms with Crippen LogP contribution in [0.1, 0.15) is 5.56 Å². The average Bonchev–Trinajstić information content (AvgIpc) is 2.62. The van der Waals surface area contributed by atoms with E-state index in [1.807, 2.05) is 42.5 Å². The molecule has 0 spiro atoms. The van der Waals surface area contributed by atoms with E-state index in [-0.39, 0.29) is 11.3 Å². The molecule has 0 aliphatic carbocycles. The van der Waals surface area contributed by atoms with Crippen LogP contribution in [0.5, 0.6) is 5.75 Å². The Kier molecular flexibility index (Phi) is 4.69. The lowest BCUT2D eigenvalue weighted by Gasteiger charge is -2.08. The zero-order chi connectivity index (χ0) is 17.8. The number of nitriles is 1. The lowest BCUT2D eigenvalue weighted by Crippen LogP contribution is -2.13. The molecule has 0 radical (unpaired) electrons. The van der Waals surface area contributed by atoms with Crippen LogP contribution in [-0.2, 0) is 4.79 Å². The number of carbonyl (C=O) groups excluding carboxylic acids is 1. The standard InChI is InChI=1S/C20H13ClN2O2/c21-16-8-9-19(24)14(11-16)10-15(12-22)20(25)23-18-7-3-5-13-4-1-2-6-17(13)18/h1-11,24H,(H,23,25)/b15-10+. The summed E-state index contributed by atoms with van der Waals surface area (Å²) in [6.07, 6.45) is 1.31. The molecule has 0 aliphatic heterocycles. The van der Waals surface area contributed by atoms with Crippen molar-refractivity contribution in [3.8, 4) is 11.8 Å². The Bertz CT molecular complexity index is 1030. The van der Waals surface area contributed by atoms with Gasteiger partial charge >= 0.3 is 0 Å². The van der Waals surface area contributed by atoms with Gasteiger partial charge in [0.05, 0.1) is 0 Å². The predicted molar refractivity (Wildman–Crippen MR) is 99.3 cm³/mol. The van der Waals surface area contributed by atoms with Crippen molar-refractivity contribution in [3.63, 3.8) is 0 Å². The SMILES string of the molecule is N#C/C(=C\c1cc(Cl)ccc1O)C(=O)Nc1cccc2ccccc12. The van der Waals surface area contributed by atoms with Crippen molar-refractivity contribution in [2.45, 2.75) is 0 Å². The number of aromatic hydroxyl groups is 1. The molecule has 1 amide bonds. The van der Waals surface area contributed by atoms with Crippen molar-refractivity contribution in [1.82, 2.24) is 0 Å². The van der Waals surface area contributed by atoms with Crippen LogP contribution in [0.2, 0.25) is 5.02 Å². The van der Waals surface area contributed by atoms with Gasteiger partial charge in [0.15, 0.2) is 0 Å². The second kappa shape index (κ2) is 7.08. The third kappa shape index (κ3) is 3.63. The van der Waals surface area contributed by atoms with Crippen LogP contribution in [0, 0.1) is 11.3 Å². The van der Waals surface area contributed by atoms with E-state index in [0.29, 0.717) is 16.3 Å². The maximum atomic E-state index is 12.5. The molecule has 3 rings (SSSR count). The molecule has 0 fully saturated rings. The summed E-state index contributed by atoms with van der Waals surface area (Å²) in [4.78, 5) is 12.5. The van der Waals surface area contributed by atoms with E-state index in [0.717, 1.165) is 10.8 Å². The van der Waals surface area contributed by atoms with Crippen molar-refractivity contribution in [1.29, 1.82) is 5.26 Å². The molecule has 122 valence electrons. The van der Waals surface area contributed by atoms with Gasteiger partial charge in [-0.1, -0.05) is 48.0 Å². The molecule has 3 aromatic rings. The van der Waals surface area contributed by atoms with E-state index in [4.69, 9.17) is 11.6 Å². The van der Waals surface area contributed by atoms with Crippen molar-refractivity contribution in [2.75, 3.05) is 5.32 Å². The summed E-state index contributed by atoms with van der Waals surface area (Å²) in [6, 6.07) is 19.4. The second-order valence-electron chi connectivity index (χ2n) is 5.35. The fourth-order valence-corrected chi connectivity index (χ4v) is 2.65. The molecule has 0 aliphatic rings. The van der Waals surface area contributed by atoms with Crippen molar-refractivity contribution >= 4 is 40.0 Å². The molecule has 5 heteroatoms. The van der Waals surface area contributed by atoms with Gasteiger partial charge in [0, 0.05) is 21.7 Å². The molecule has 0 bridgehead atoms. The minimum Gasteiger partial charge on any atom is -0.507 e. The molecule has 0 aromatic heterocycles. The molecule has 0 saturated heterocycles. The van der Waals surface area contributed by atoms with E-state index in [1.54, 1.807) is 6.07 Å². The van der Waals surface area contributed by atoms with Crippen LogP contribution in [0.15, 0.2) is 66.2 Å². The third-order valence-electron chi connectivity index (χ3n) is 3.69. The van der Waals surface area contributed by atoms with E-state index >= 15 is 0 Å². The number of fused-ring (bicyclic) bond motifs is 1. The van der Waals surface area contributed by atoms with Gasteiger partial charge in [0.1, 0.15) is 17.4 Å². The molecule has 0 saturated carbocycles. The number of hydrogen-bond donors (Lipinski definition) is 2. The Balaban J connectivity index is 1.94. The molecule has 0 heterocycles. The summed E-state index contributed by atoms with van der Waals surface area (Å²) in [5, 5.41) is 24.2. The summed E-state index contributed by atoms with van der Waals surface area (Å²) < 4.78 is 0. The minimum atomic E-state index is -0.557. The highest BCUT2D eigenvalue weighted by atomic mass is 35.5. The fourth-order valence-electron chi connectivity index (χ4n) is 2.47. The molecule has 0 atom stereocenters. The van der Waals surface area contributed by atoms with E-state index in [9.17, 15) is 15.2 Å². The van der Waals surface area contributed by atoms with Gasteiger partial charge in [-0.15, -0.1) is 0 Å². The van der Waals surface area contributed by atoms with Gasteiger partial charge in [0.2, 0.25) is 0 Å². The number of halogens is 1. The zero-order valence-electron chi connectivity index (χ0n) is 13.0. The number of benzene rings is 3. The number of anilines is 1. The highest BCUT2D eigenvalue weighted by molar-refractivity contribution is 6.30. The first-order chi connectivity index (χ1) is 12.1. The lowest BCUT2D eigenvalue weighted by molar-refractivity contribution is -0.112. The van der Waals surface area contributed by atoms with Crippen LogP contribution in [0.25, 0.3) is 16.8 Å². The first-order valence-electron chi connectivity index (χ1n) is 7.48. The number of phenolic OH excluding ortho intramolecular Hbond substituents is 1. The largest absolute Gasteiger partial charge is 0.507 e. The van der Waals surface area contributed by atoms with E-state index in [2.05, 4.69) is 5.32 Å². The Morgan fingerprint density at radius 1 is 1.12 bits per heavy atom. The summed E-state index contributed by atoms with van der Waals surface area (Å²) in [6.45, 7) is 0. The van der Waals surface area contributed by atoms with Crippen molar-refractivity contribution in [3.05, 3.63) is 76.8 Å². The average molecular weight is 349 g/mol. The maximum Gasteiger partial charge on any atom is 0.266 e. The van der Waals surface area contributed by atoms with Crippen LogP contribution in [0.3, 0.4) is 0 Å². The van der Waals surface area contributed by atoms with Crippen LogP contribution < -0.4 is 5.32 Å². The number of nitrogens with zero attached hydrogens (tertiary/aromatic N) is 1. The number of hydrogen-bond acceptors (Lipinski definition) is 3. The van der Waals surface area contributed by atoms with Gasteiger partial charge in [-0.2, -0.15) is 5.26 Å². The topological polar surface area (TPSA) is 73.1 Å². The van der Waals surface area contributed by atoms with E-state index in [1.165, 1.54) is 24.3 Å². The van der Waals surface area contributed by atoms with Crippen molar-refractivity contribution < 1.29 is 9.90 Å². The lowest BCUT2D eigenvalue weighted by atomic mass is 10.1. The van der Waals surface area contributed by atoms with Gasteiger partial charge in [-0.05, 0) is 35.7 Å². The zero-order valence-corrected chi connectivity index (χ0v) is 13.8. The van der Waals surface area contributed by atoms with Crippen LogP contribution in [-0.4, -0.2) is 11.0 Å². The Hall–Kier alpha value is -3.29. The number of nitrogens with one attached hydrogen (secondary N) is 1. The number of rotatable bonds is 3. The first kappa shape index (κ1) is 16.6. The highest BCUT2D eigenvalue weighted by Gasteiger charge is 2.12. The monoisotopic (exact) mass is 348 g/mol. The van der Waals surface area contributed by atoms with Gasteiger partial charge < -0.3 is 10.4 Å². The summed E-state index contributed by atoms with van der Waals surface area (Å²) in [7, 11) is 0. The highest BCUT2D eigenvalue weighted by Crippen LogP contribution is 2.26. The fraction of sp³-hybridized carbons (Fsp3) is 0. The molecule has 25 heavy (non-hydrogen) atoms. The first-order valence-corrected chi connectivity index (χ1v) is 7.86. The number of carbonyl (C=O) groups is 1. The molecule has 3 aromatic carbocycles. The van der Waals surface area contributed by atoms with Crippen molar-refractivity contribution in [2.24, 2.45) is 0 Å². The predicted octanol–water partition coefficient (Wildman–Crippen LogP) is 4.74. The molecule has 0 unspecified atom stereocenters. The van der Waals surface area contributed by atoms with Crippen LogP contribution >= 0.6 is 11.6 Å². The Morgan fingerprint density at radius 3 is 2.68 bits per heavy atom. The van der Waals surface area contributed by atoms with Crippen LogP contribution in [0.4, 0.5) is 5.69 Å². The normalized spacial score (nSPS) is 11.1. The van der Waals surface area contributed by atoms with Gasteiger partial charge in [-0.25, -0.2) is 0 Å². The minimum absolute atomic E-state index is 0.0601.